The number of anilines is 1. The Balaban J connectivity index is 1.46. The van der Waals surface area contributed by atoms with Crippen molar-refractivity contribution in [2.75, 3.05) is 37.7 Å². The Hall–Kier alpha value is -4.12. The van der Waals surface area contributed by atoms with Crippen LogP contribution in [0, 0.1) is 22.9 Å². The standard InChI is InChI=1S/C25H24FN5O5/c1-16-14-19(6-7-21(16)26)36-23-20-15-30(24(32)17-2-4-18(5-3-17)31(33)34)9-8-22(20)27-25(28-23)29-10-12-35-13-11-29/h2-7,14H,8-13,15H2,1H3. The van der Waals surface area contributed by atoms with E-state index < -0.39 is 4.92 Å². The quantitative estimate of drug-likeness (QED) is 0.391. The number of non-ortho nitro benzene ring substituents is 1. The fourth-order valence-corrected chi connectivity index (χ4v) is 4.23. The summed E-state index contributed by atoms with van der Waals surface area (Å²) in [5, 5.41) is 10.9. The van der Waals surface area contributed by atoms with Gasteiger partial charge < -0.3 is 19.3 Å². The second-order valence-corrected chi connectivity index (χ2v) is 8.65. The molecule has 3 heterocycles. The molecule has 0 radical (unpaired) electrons. The SMILES string of the molecule is Cc1cc(Oc2nc(N3CCOCC3)nc3c2CN(C(=O)c2ccc([N+](=O)[O-])cc2)CC3)ccc1F. The number of carbonyl (C=O) groups excluding carboxylic acids is 1. The first-order chi connectivity index (χ1) is 17.4. The third-order valence-electron chi connectivity index (χ3n) is 6.26. The van der Waals surface area contributed by atoms with Crippen LogP contribution in [0.25, 0.3) is 0 Å². The minimum atomic E-state index is -0.504. The molecular weight excluding hydrogens is 469 g/mol. The Morgan fingerprint density at radius 1 is 1.11 bits per heavy atom. The number of hydrogen-bond donors (Lipinski definition) is 0. The number of hydrogen-bond acceptors (Lipinski definition) is 8. The number of aromatic nitrogens is 2. The monoisotopic (exact) mass is 493 g/mol. The minimum absolute atomic E-state index is 0.0788. The summed E-state index contributed by atoms with van der Waals surface area (Å²) in [6, 6.07) is 10.0. The van der Waals surface area contributed by atoms with E-state index in [1.807, 2.05) is 4.90 Å². The van der Waals surface area contributed by atoms with Gasteiger partial charge >= 0.3 is 0 Å². The third-order valence-corrected chi connectivity index (χ3v) is 6.26. The fraction of sp³-hybridized carbons (Fsp3) is 0.320. The van der Waals surface area contributed by atoms with Crippen LogP contribution in [0.4, 0.5) is 16.0 Å². The maximum absolute atomic E-state index is 13.8. The molecule has 1 aromatic heterocycles. The Morgan fingerprint density at radius 3 is 2.56 bits per heavy atom. The zero-order chi connectivity index (χ0) is 25.2. The molecule has 2 aromatic carbocycles. The largest absolute Gasteiger partial charge is 0.438 e. The molecule has 2 aliphatic heterocycles. The molecule has 0 unspecified atom stereocenters. The number of fused-ring (bicyclic) bond motifs is 1. The van der Waals surface area contributed by atoms with Crippen molar-refractivity contribution in [2.24, 2.45) is 0 Å². The van der Waals surface area contributed by atoms with E-state index in [9.17, 15) is 19.3 Å². The lowest BCUT2D eigenvalue weighted by atomic mass is 10.0. The summed E-state index contributed by atoms with van der Waals surface area (Å²) in [6.45, 7) is 4.75. The highest BCUT2D eigenvalue weighted by molar-refractivity contribution is 5.94. The number of amides is 1. The van der Waals surface area contributed by atoms with E-state index in [0.717, 1.165) is 5.69 Å². The normalized spacial score (nSPS) is 15.4. The summed E-state index contributed by atoms with van der Waals surface area (Å²) < 4.78 is 25.4. The van der Waals surface area contributed by atoms with Crippen molar-refractivity contribution in [3.05, 3.63) is 80.8 Å². The molecule has 1 saturated heterocycles. The highest BCUT2D eigenvalue weighted by Crippen LogP contribution is 2.33. The van der Waals surface area contributed by atoms with Gasteiger partial charge in [-0.25, -0.2) is 9.37 Å². The first-order valence-corrected chi connectivity index (χ1v) is 11.6. The summed E-state index contributed by atoms with van der Waals surface area (Å²) in [5.74, 6) is 0.689. The summed E-state index contributed by atoms with van der Waals surface area (Å²) in [5.41, 5.74) is 2.18. The zero-order valence-corrected chi connectivity index (χ0v) is 19.6. The zero-order valence-electron chi connectivity index (χ0n) is 19.6. The van der Waals surface area contributed by atoms with E-state index in [2.05, 4.69) is 4.98 Å². The fourth-order valence-electron chi connectivity index (χ4n) is 4.23. The average Bonchev–Trinajstić information content (AvgIpc) is 2.90. The van der Waals surface area contributed by atoms with Gasteiger partial charge in [-0.3, -0.25) is 14.9 Å². The van der Waals surface area contributed by atoms with Crippen LogP contribution in [0.5, 0.6) is 11.6 Å². The smallest absolute Gasteiger partial charge is 0.269 e. The lowest BCUT2D eigenvalue weighted by Crippen LogP contribution is -2.39. The van der Waals surface area contributed by atoms with Gasteiger partial charge in [0.15, 0.2) is 0 Å². The van der Waals surface area contributed by atoms with Crippen LogP contribution < -0.4 is 9.64 Å². The molecule has 1 fully saturated rings. The number of nitro groups is 1. The lowest BCUT2D eigenvalue weighted by molar-refractivity contribution is -0.384. The van der Waals surface area contributed by atoms with Crippen molar-refractivity contribution in [3.8, 4) is 11.6 Å². The van der Waals surface area contributed by atoms with Gasteiger partial charge in [0.25, 0.3) is 11.6 Å². The van der Waals surface area contributed by atoms with Gasteiger partial charge in [0.1, 0.15) is 11.6 Å². The van der Waals surface area contributed by atoms with Gasteiger partial charge in [-0.05, 0) is 42.8 Å². The maximum Gasteiger partial charge on any atom is 0.269 e. The highest BCUT2D eigenvalue weighted by atomic mass is 19.1. The molecule has 0 N–H and O–H groups in total. The van der Waals surface area contributed by atoms with Crippen molar-refractivity contribution in [3.63, 3.8) is 0 Å². The Morgan fingerprint density at radius 2 is 1.86 bits per heavy atom. The molecule has 36 heavy (non-hydrogen) atoms. The number of nitro benzene ring substituents is 1. The predicted molar refractivity (Wildman–Crippen MR) is 128 cm³/mol. The molecule has 3 aromatic rings. The van der Waals surface area contributed by atoms with Crippen molar-refractivity contribution in [2.45, 2.75) is 19.9 Å². The highest BCUT2D eigenvalue weighted by Gasteiger charge is 2.29. The number of carbonyl (C=O) groups is 1. The Labute approximate surface area is 206 Å². The van der Waals surface area contributed by atoms with Gasteiger partial charge in [0, 0.05) is 43.8 Å². The minimum Gasteiger partial charge on any atom is -0.438 e. The molecule has 0 aliphatic carbocycles. The second-order valence-electron chi connectivity index (χ2n) is 8.65. The van der Waals surface area contributed by atoms with E-state index in [-0.39, 0.29) is 24.0 Å². The van der Waals surface area contributed by atoms with Crippen LogP contribution in [0.3, 0.4) is 0 Å². The van der Waals surface area contributed by atoms with Crippen LogP contribution in [0.15, 0.2) is 42.5 Å². The van der Waals surface area contributed by atoms with Gasteiger partial charge in [-0.15, -0.1) is 0 Å². The first-order valence-electron chi connectivity index (χ1n) is 11.6. The molecule has 1 amide bonds. The van der Waals surface area contributed by atoms with Crippen LogP contribution in [0.1, 0.15) is 27.2 Å². The number of rotatable bonds is 5. The third kappa shape index (κ3) is 4.82. The number of aryl methyl sites for hydroxylation is 1. The van der Waals surface area contributed by atoms with E-state index in [1.54, 1.807) is 17.9 Å². The molecule has 5 rings (SSSR count). The van der Waals surface area contributed by atoms with Gasteiger partial charge in [-0.2, -0.15) is 4.98 Å². The number of ether oxygens (including phenoxy) is 2. The lowest BCUT2D eigenvalue weighted by Gasteiger charge is -2.32. The molecule has 11 heteroatoms. The first kappa shape index (κ1) is 23.6. The topological polar surface area (TPSA) is 111 Å². The van der Waals surface area contributed by atoms with Crippen LogP contribution in [-0.4, -0.2) is 58.5 Å². The Bertz CT molecular complexity index is 1310. The van der Waals surface area contributed by atoms with E-state index in [0.29, 0.717) is 73.5 Å². The van der Waals surface area contributed by atoms with Crippen molar-refractivity contribution in [1.82, 2.24) is 14.9 Å². The average molecular weight is 493 g/mol. The number of morpholine rings is 1. The van der Waals surface area contributed by atoms with E-state index in [1.165, 1.54) is 36.4 Å². The molecule has 0 atom stereocenters. The van der Waals surface area contributed by atoms with E-state index >= 15 is 0 Å². The summed E-state index contributed by atoms with van der Waals surface area (Å²) in [6.07, 6.45) is 0.493. The molecule has 0 spiro atoms. The molecule has 0 bridgehead atoms. The van der Waals surface area contributed by atoms with Gasteiger partial charge in [-0.1, -0.05) is 0 Å². The number of nitrogens with zero attached hydrogens (tertiary/aromatic N) is 5. The molecule has 186 valence electrons. The molecular formula is C25H24FN5O5. The molecule has 0 saturated carbocycles. The van der Waals surface area contributed by atoms with E-state index in [4.69, 9.17) is 14.5 Å². The van der Waals surface area contributed by atoms with Crippen molar-refractivity contribution in [1.29, 1.82) is 0 Å². The van der Waals surface area contributed by atoms with Crippen LogP contribution in [-0.2, 0) is 17.7 Å². The number of benzene rings is 2. The van der Waals surface area contributed by atoms with Crippen molar-refractivity contribution < 1.29 is 23.6 Å². The summed E-state index contributed by atoms with van der Waals surface area (Å²) in [4.78, 5) is 36.7. The number of halogens is 1. The second kappa shape index (κ2) is 9.86. The summed E-state index contributed by atoms with van der Waals surface area (Å²) in [7, 11) is 0. The molecule has 2 aliphatic rings. The molecule has 10 nitrogen and oxygen atoms in total. The van der Waals surface area contributed by atoms with Crippen LogP contribution in [0.2, 0.25) is 0 Å². The maximum atomic E-state index is 13.8. The van der Waals surface area contributed by atoms with Crippen LogP contribution >= 0.6 is 0 Å². The van der Waals surface area contributed by atoms with Crippen molar-refractivity contribution >= 4 is 17.5 Å². The Kier molecular flexibility index (Phi) is 6.47. The van der Waals surface area contributed by atoms with Gasteiger partial charge in [0.2, 0.25) is 11.8 Å². The summed E-state index contributed by atoms with van der Waals surface area (Å²) >= 11 is 0. The predicted octanol–water partition coefficient (Wildman–Crippen LogP) is 3.66. The van der Waals surface area contributed by atoms with Gasteiger partial charge in [0.05, 0.1) is 35.9 Å².